The first-order chi connectivity index (χ1) is 9.33. The van der Waals surface area contributed by atoms with Crippen LogP contribution in [0.1, 0.15) is 37.7 Å². The van der Waals surface area contributed by atoms with Gasteiger partial charge in [0.1, 0.15) is 0 Å². The topological polar surface area (TPSA) is 30.5 Å². The minimum atomic E-state index is 0.769. The Labute approximate surface area is 116 Å². The Balaban J connectivity index is 1.75. The van der Waals surface area contributed by atoms with E-state index < -0.39 is 0 Å². The molecule has 0 heterocycles. The molecule has 19 heavy (non-hydrogen) atoms. The summed E-state index contributed by atoms with van der Waals surface area (Å²) in [7, 11) is 3.35. The third-order valence-electron chi connectivity index (χ3n) is 3.88. The number of hydrogen-bond acceptors (Lipinski definition) is 3. The molecule has 1 saturated carbocycles. The fraction of sp³-hybridized carbons (Fsp3) is 0.625. The standard InChI is InChI=1S/C16H25NO2/c1-18-15-10-9-13(12-16(15)19-2)6-5-11-17-14-7-3-4-8-14/h9-10,12,14,17H,3-8,11H2,1-2H3. The van der Waals surface area contributed by atoms with Crippen molar-refractivity contribution in [1.82, 2.24) is 5.32 Å². The second kappa shape index (κ2) is 7.39. The van der Waals surface area contributed by atoms with Gasteiger partial charge in [0, 0.05) is 6.04 Å². The highest BCUT2D eigenvalue weighted by Crippen LogP contribution is 2.27. The van der Waals surface area contributed by atoms with E-state index in [9.17, 15) is 0 Å². The maximum absolute atomic E-state index is 5.32. The highest BCUT2D eigenvalue weighted by atomic mass is 16.5. The Kier molecular flexibility index (Phi) is 5.52. The molecule has 0 aliphatic heterocycles. The predicted octanol–water partition coefficient (Wildman–Crippen LogP) is 3.17. The lowest BCUT2D eigenvalue weighted by Crippen LogP contribution is -2.27. The van der Waals surface area contributed by atoms with Crippen LogP contribution in [-0.4, -0.2) is 26.8 Å². The molecule has 1 aliphatic carbocycles. The van der Waals surface area contributed by atoms with Crippen LogP contribution in [0.4, 0.5) is 0 Å². The molecule has 3 heteroatoms. The molecular weight excluding hydrogens is 238 g/mol. The second-order valence-corrected chi connectivity index (χ2v) is 5.23. The Morgan fingerprint density at radius 1 is 1.11 bits per heavy atom. The fourth-order valence-electron chi connectivity index (χ4n) is 2.76. The summed E-state index contributed by atoms with van der Waals surface area (Å²) < 4.78 is 10.6. The molecule has 1 aromatic carbocycles. The first-order valence-electron chi connectivity index (χ1n) is 7.28. The summed E-state index contributed by atoms with van der Waals surface area (Å²) in [4.78, 5) is 0. The predicted molar refractivity (Wildman–Crippen MR) is 78.1 cm³/mol. The second-order valence-electron chi connectivity index (χ2n) is 5.23. The molecule has 2 rings (SSSR count). The van der Waals surface area contributed by atoms with Gasteiger partial charge in [0.25, 0.3) is 0 Å². The highest BCUT2D eigenvalue weighted by Gasteiger charge is 2.13. The molecule has 1 aromatic rings. The summed E-state index contributed by atoms with van der Waals surface area (Å²) in [5, 5.41) is 3.65. The third kappa shape index (κ3) is 4.13. The molecule has 0 amide bonds. The van der Waals surface area contributed by atoms with Gasteiger partial charge in [0.15, 0.2) is 11.5 Å². The molecule has 0 unspecified atom stereocenters. The Morgan fingerprint density at radius 3 is 2.53 bits per heavy atom. The van der Waals surface area contributed by atoms with E-state index in [1.807, 2.05) is 6.07 Å². The number of hydrogen-bond donors (Lipinski definition) is 1. The van der Waals surface area contributed by atoms with E-state index in [-0.39, 0.29) is 0 Å². The highest BCUT2D eigenvalue weighted by molar-refractivity contribution is 5.42. The number of benzene rings is 1. The average molecular weight is 263 g/mol. The maximum atomic E-state index is 5.32. The lowest BCUT2D eigenvalue weighted by molar-refractivity contribution is 0.354. The van der Waals surface area contributed by atoms with E-state index in [2.05, 4.69) is 17.4 Å². The van der Waals surface area contributed by atoms with Gasteiger partial charge in [-0.3, -0.25) is 0 Å². The lowest BCUT2D eigenvalue weighted by Gasteiger charge is -2.12. The van der Waals surface area contributed by atoms with Crippen molar-refractivity contribution < 1.29 is 9.47 Å². The van der Waals surface area contributed by atoms with Gasteiger partial charge in [-0.05, 0) is 49.9 Å². The molecule has 0 atom stereocenters. The number of ether oxygens (including phenoxy) is 2. The van der Waals surface area contributed by atoms with Crippen LogP contribution in [0, 0.1) is 0 Å². The van der Waals surface area contributed by atoms with Crippen molar-refractivity contribution in [2.24, 2.45) is 0 Å². The molecule has 106 valence electrons. The first kappa shape index (κ1) is 14.2. The van der Waals surface area contributed by atoms with Crippen LogP contribution in [0.2, 0.25) is 0 Å². The summed E-state index contributed by atoms with van der Waals surface area (Å²) in [6, 6.07) is 6.95. The number of aryl methyl sites for hydroxylation is 1. The third-order valence-corrected chi connectivity index (χ3v) is 3.88. The molecule has 0 bridgehead atoms. The zero-order valence-corrected chi connectivity index (χ0v) is 12.1. The molecular formula is C16H25NO2. The smallest absolute Gasteiger partial charge is 0.160 e. The van der Waals surface area contributed by atoms with Crippen LogP contribution in [0.15, 0.2) is 18.2 Å². The van der Waals surface area contributed by atoms with Crippen molar-refractivity contribution in [2.45, 2.75) is 44.6 Å². The van der Waals surface area contributed by atoms with Gasteiger partial charge in [-0.15, -0.1) is 0 Å². The van der Waals surface area contributed by atoms with E-state index in [1.54, 1.807) is 14.2 Å². The quantitative estimate of drug-likeness (QED) is 0.766. The van der Waals surface area contributed by atoms with Gasteiger partial charge in [-0.1, -0.05) is 18.9 Å². The summed E-state index contributed by atoms with van der Waals surface area (Å²) in [6.07, 6.45) is 7.76. The monoisotopic (exact) mass is 263 g/mol. The van der Waals surface area contributed by atoms with Gasteiger partial charge in [-0.2, -0.15) is 0 Å². The summed E-state index contributed by atoms with van der Waals surface area (Å²) in [6.45, 7) is 1.11. The number of methoxy groups -OCH3 is 2. The van der Waals surface area contributed by atoms with E-state index >= 15 is 0 Å². The molecule has 0 saturated heterocycles. The SMILES string of the molecule is COc1ccc(CCCNC2CCCC2)cc1OC. The Bertz CT molecular complexity index is 386. The van der Waals surface area contributed by atoms with Gasteiger partial charge in [-0.25, -0.2) is 0 Å². The summed E-state index contributed by atoms with van der Waals surface area (Å²) >= 11 is 0. The summed E-state index contributed by atoms with van der Waals surface area (Å²) in [5.41, 5.74) is 1.31. The first-order valence-corrected chi connectivity index (χ1v) is 7.28. The largest absolute Gasteiger partial charge is 0.493 e. The normalized spacial score (nSPS) is 15.7. The van der Waals surface area contributed by atoms with Crippen molar-refractivity contribution >= 4 is 0 Å². The average Bonchev–Trinajstić information content (AvgIpc) is 2.96. The molecule has 0 spiro atoms. The van der Waals surface area contributed by atoms with Crippen LogP contribution in [-0.2, 0) is 6.42 Å². The van der Waals surface area contributed by atoms with E-state index in [1.165, 1.54) is 37.7 Å². The van der Waals surface area contributed by atoms with Crippen LogP contribution in [0.3, 0.4) is 0 Å². The van der Waals surface area contributed by atoms with Gasteiger partial charge >= 0.3 is 0 Å². The lowest BCUT2D eigenvalue weighted by atomic mass is 10.1. The molecule has 0 radical (unpaired) electrons. The van der Waals surface area contributed by atoms with Crippen molar-refractivity contribution in [2.75, 3.05) is 20.8 Å². The number of nitrogens with one attached hydrogen (secondary N) is 1. The van der Waals surface area contributed by atoms with Crippen molar-refractivity contribution in [3.63, 3.8) is 0 Å². The maximum Gasteiger partial charge on any atom is 0.160 e. The molecule has 3 nitrogen and oxygen atoms in total. The van der Waals surface area contributed by atoms with Crippen LogP contribution >= 0.6 is 0 Å². The van der Waals surface area contributed by atoms with Gasteiger partial charge in [0.05, 0.1) is 14.2 Å². The molecule has 1 N–H and O–H groups in total. The van der Waals surface area contributed by atoms with Crippen LogP contribution in [0.5, 0.6) is 11.5 Å². The van der Waals surface area contributed by atoms with Crippen molar-refractivity contribution in [3.05, 3.63) is 23.8 Å². The van der Waals surface area contributed by atoms with Crippen LogP contribution in [0.25, 0.3) is 0 Å². The number of rotatable bonds is 7. The molecule has 0 aromatic heterocycles. The Morgan fingerprint density at radius 2 is 1.84 bits per heavy atom. The van der Waals surface area contributed by atoms with E-state index in [4.69, 9.17) is 9.47 Å². The summed E-state index contributed by atoms with van der Waals surface area (Å²) in [5.74, 6) is 1.62. The zero-order valence-electron chi connectivity index (χ0n) is 12.1. The fourth-order valence-corrected chi connectivity index (χ4v) is 2.76. The molecule has 1 fully saturated rings. The molecule has 1 aliphatic rings. The van der Waals surface area contributed by atoms with Crippen molar-refractivity contribution in [1.29, 1.82) is 0 Å². The minimum Gasteiger partial charge on any atom is -0.493 e. The van der Waals surface area contributed by atoms with Gasteiger partial charge < -0.3 is 14.8 Å². The van der Waals surface area contributed by atoms with E-state index in [0.29, 0.717) is 0 Å². The van der Waals surface area contributed by atoms with Crippen molar-refractivity contribution in [3.8, 4) is 11.5 Å². The van der Waals surface area contributed by atoms with E-state index in [0.717, 1.165) is 30.5 Å². The van der Waals surface area contributed by atoms with Gasteiger partial charge in [0.2, 0.25) is 0 Å². The Hall–Kier alpha value is -1.22. The van der Waals surface area contributed by atoms with Crippen LogP contribution < -0.4 is 14.8 Å². The minimum absolute atomic E-state index is 0.769. The zero-order chi connectivity index (χ0) is 13.5.